The van der Waals surface area contributed by atoms with Crippen LogP contribution >= 0.6 is 11.3 Å². The van der Waals surface area contributed by atoms with E-state index in [2.05, 4.69) is 39.1 Å². The summed E-state index contributed by atoms with van der Waals surface area (Å²) >= 11 is 1.88. The maximum atomic E-state index is 3.42. The minimum Gasteiger partial charge on any atom is -0.310 e. The predicted octanol–water partition coefficient (Wildman–Crippen LogP) is 2.86. The first-order chi connectivity index (χ1) is 5.59. The average molecular weight is 183 g/mol. The summed E-state index contributed by atoms with van der Waals surface area (Å²) in [5.41, 5.74) is 1.45. The third kappa shape index (κ3) is 2.61. The van der Waals surface area contributed by atoms with Crippen LogP contribution in [0, 0.1) is 13.8 Å². The number of aryl methyl sites for hydroxylation is 2. The van der Waals surface area contributed by atoms with Crippen LogP contribution in [0.15, 0.2) is 6.07 Å². The van der Waals surface area contributed by atoms with E-state index in [1.165, 1.54) is 15.3 Å². The fourth-order valence-corrected chi connectivity index (χ4v) is 2.12. The van der Waals surface area contributed by atoms with Gasteiger partial charge < -0.3 is 5.32 Å². The number of nitrogens with one attached hydrogen (secondary N) is 1. The molecule has 1 N–H and O–H groups in total. The van der Waals surface area contributed by atoms with E-state index in [9.17, 15) is 0 Å². The Kier molecular flexibility index (Phi) is 3.29. The molecule has 12 heavy (non-hydrogen) atoms. The van der Waals surface area contributed by atoms with Gasteiger partial charge in [0.2, 0.25) is 0 Å². The molecule has 0 atom stereocenters. The summed E-state index contributed by atoms with van der Waals surface area (Å²) in [7, 11) is 0. The Morgan fingerprint density at radius 2 is 2.08 bits per heavy atom. The highest BCUT2D eigenvalue weighted by Crippen LogP contribution is 2.20. The molecule has 0 aliphatic heterocycles. The monoisotopic (exact) mass is 183 g/mol. The van der Waals surface area contributed by atoms with Gasteiger partial charge in [0, 0.05) is 22.3 Å². The quantitative estimate of drug-likeness (QED) is 0.760. The Morgan fingerprint density at radius 3 is 2.50 bits per heavy atom. The van der Waals surface area contributed by atoms with Gasteiger partial charge in [0.1, 0.15) is 0 Å². The Hall–Kier alpha value is -0.340. The van der Waals surface area contributed by atoms with Crippen molar-refractivity contribution in [3.05, 3.63) is 21.4 Å². The zero-order valence-electron chi connectivity index (χ0n) is 8.27. The van der Waals surface area contributed by atoms with Crippen molar-refractivity contribution in [2.24, 2.45) is 0 Å². The SMILES string of the molecule is Cc1cc(CNC(C)C)c(C)s1. The average Bonchev–Trinajstić information content (AvgIpc) is 2.26. The van der Waals surface area contributed by atoms with Gasteiger partial charge in [-0.05, 0) is 25.5 Å². The van der Waals surface area contributed by atoms with E-state index in [4.69, 9.17) is 0 Å². The summed E-state index contributed by atoms with van der Waals surface area (Å²) in [6.07, 6.45) is 0. The molecule has 0 saturated carbocycles. The molecule has 1 nitrogen and oxygen atoms in total. The molecule has 0 amide bonds. The maximum Gasteiger partial charge on any atom is 0.0218 e. The predicted molar refractivity (Wildman–Crippen MR) is 55.8 cm³/mol. The fraction of sp³-hybridized carbons (Fsp3) is 0.600. The zero-order chi connectivity index (χ0) is 9.14. The van der Waals surface area contributed by atoms with E-state index in [-0.39, 0.29) is 0 Å². The summed E-state index contributed by atoms with van der Waals surface area (Å²) in [5.74, 6) is 0. The second kappa shape index (κ2) is 4.06. The van der Waals surface area contributed by atoms with Gasteiger partial charge in [-0.15, -0.1) is 11.3 Å². The molecule has 0 radical (unpaired) electrons. The van der Waals surface area contributed by atoms with E-state index < -0.39 is 0 Å². The molecular weight excluding hydrogens is 166 g/mol. The molecule has 0 spiro atoms. The molecule has 1 aromatic rings. The first kappa shape index (κ1) is 9.75. The summed E-state index contributed by atoms with van der Waals surface area (Å²) in [5, 5.41) is 3.42. The first-order valence-corrected chi connectivity index (χ1v) is 5.20. The molecule has 68 valence electrons. The molecule has 0 aliphatic carbocycles. The fourth-order valence-electron chi connectivity index (χ4n) is 1.17. The van der Waals surface area contributed by atoms with Gasteiger partial charge in [-0.25, -0.2) is 0 Å². The van der Waals surface area contributed by atoms with Gasteiger partial charge in [-0.2, -0.15) is 0 Å². The van der Waals surface area contributed by atoms with E-state index >= 15 is 0 Å². The van der Waals surface area contributed by atoms with Crippen molar-refractivity contribution in [1.82, 2.24) is 5.32 Å². The number of rotatable bonds is 3. The smallest absolute Gasteiger partial charge is 0.0218 e. The van der Waals surface area contributed by atoms with Crippen molar-refractivity contribution in [2.75, 3.05) is 0 Å². The van der Waals surface area contributed by atoms with Gasteiger partial charge in [-0.3, -0.25) is 0 Å². The summed E-state index contributed by atoms with van der Waals surface area (Å²) < 4.78 is 0. The molecule has 0 aromatic carbocycles. The number of hydrogen-bond acceptors (Lipinski definition) is 2. The molecule has 0 aliphatic rings. The van der Waals surface area contributed by atoms with Crippen LogP contribution in [0.3, 0.4) is 0 Å². The summed E-state index contributed by atoms with van der Waals surface area (Å²) in [6, 6.07) is 2.85. The molecule has 1 aromatic heterocycles. The van der Waals surface area contributed by atoms with E-state index in [1.54, 1.807) is 0 Å². The van der Waals surface area contributed by atoms with Gasteiger partial charge in [0.05, 0.1) is 0 Å². The molecule has 0 saturated heterocycles. The highest BCUT2D eigenvalue weighted by molar-refractivity contribution is 7.12. The van der Waals surface area contributed by atoms with Crippen molar-refractivity contribution in [2.45, 2.75) is 40.3 Å². The van der Waals surface area contributed by atoms with E-state index in [0.29, 0.717) is 6.04 Å². The molecular formula is C10H17NS. The largest absolute Gasteiger partial charge is 0.310 e. The normalized spacial score (nSPS) is 11.1. The highest BCUT2D eigenvalue weighted by atomic mass is 32.1. The van der Waals surface area contributed by atoms with Crippen LogP contribution in [0.5, 0.6) is 0 Å². The lowest BCUT2D eigenvalue weighted by molar-refractivity contribution is 0.588. The van der Waals surface area contributed by atoms with Crippen LogP contribution < -0.4 is 5.32 Å². The van der Waals surface area contributed by atoms with Crippen LogP contribution in [0.1, 0.15) is 29.2 Å². The molecule has 0 unspecified atom stereocenters. The lowest BCUT2D eigenvalue weighted by Gasteiger charge is -2.06. The molecule has 0 fully saturated rings. The second-order valence-electron chi connectivity index (χ2n) is 3.47. The van der Waals surface area contributed by atoms with Crippen LogP contribution in [0.2, 0.25) is 0 Å². The third-order valence-corrected chi connectivity index (χ3v) is 2.85. The Labute approximate surface area is 78.8 Å². The number of thiophene rings is 1. The molecule has 1 rings (SSSR count). The minimum absolute atomic E-state index is 0.574. The topological polar surface area (TPSA) is 12.0 Å². The second-order valence-corrected chi connectivity index (χ2v) is 4.93. The molecule has 2 heteroatoms. The van der Waals surface area contributed by atoms with E-state index in [0.717, 1.165) is 6.54 Å². The Balaban J connectivity index is 2.57. The minimum atomic E-state index is 0.574. The summed E-state index contributed by atoms with van der Waals surface area (Å²) in [4.78, 5) is 2.86. The standard InChI is InChI=1S/C10H17NS/c1-7(2)11-6-10-5-8(3)12-9(10)4/h5,7,11H,6H2,1-4H3. The van der Waals surface area contributed by atoms with Crippen LogP contribution in [0.25, 0.3) is 0 Å². The van der Waals surface area contributed by atoms with Crippen molar-refractivity contribution in [1.29, 1.82) is 0 Å². The van der Waals surface area contributed by atoms with Gasteiger partial charge in [0.25, 0.3) is 0 Å². The van der Waals surface area contributed by atoms with E-state index in [1.807, 2.05) is 11.3 Å². The third-order valence-electron chi connectivity index (χ3n) is 1.84. The zero-order valence-corrected chi connectivity index (χ0v) is 9.09. The Bertz CT molecular complexity index is 250. The van der Waals surface area contributed by atoms with Crippen molar-refractivity contribution < 1.29 is 0 Å². The molecule has 1 heterocycles. The number of hydrogen-bond donors (Lipinski definition) is 1. The van der Waals surface area contributed by atoms with Crippen LogP contribution in [-0.4, -0.2) is 6.04 Å². The maximum absolute atomic E-state index is 3.42. The van der Waals surface area contributed by atoms with Gasteiger partial charge in [0.15, 0.2) is 0 Å². The molecule has 0 bridgehead atoms. The van der Waals surface area contributed by atoms with Crippen LogP contribution in [0.4, 0.5) is 0 Å². The Morgan fingerprint density at radius 1 is 1.42 bits per heavy atom. The van der Waals surface area contributed by atoms with Gasteiger partial charge in [-0.1, -0.05) is 13.8 Å². The first-order valence-electron chi connectivity index (χ1n) is 4.39. The van der Waals surface area contributed by atoms with Crippen molar-refractivity contribution in [3.63, 3.8) is 0 Å². The lowest BCUT2D eigenvalue weighted by atomic mass is 10.2. The van der Waals surface area contributed by atoms with Crippen LogP contribution in [-0.2, 0) is 6.54 Å². The van der Waals surface area contributed by atoms with Gasteiger partial charge >= 0.3 is 0 Å². The van der Waals surface area contributed by atoms with Crippen molar-refractivity contribution >= 4 is 11.3 Å². The lowest BCUT2D eigenvalue weighted by Crippen LogP contribution is -2.21. The highest BCUT2D eigenvalue weighted by Gasteiger charge is 2.02. The summed E-state index contributed by atoms with van der Waals surface area (Å²) in [6.45, 7) is 9.71. The van der Waals surface area contributed by atoms with Crippen molar-refractivity contribution in [3.8, 4) is 0 Å².